The maximum Gasteiger partial charge on any atom is 0.236 e. The Balaban J connectivity index is 2.04. The lowest BCUT2D eigenvalue weighted by Gasteiger charge is -2.48. The van der Waals surface area contributed by atoms with Gasteiger partial charge in [0.1, 0.15) is 5.41 Å². The van der Waals surface area contributed by atoms with E-state index in [4.69, 9.17) is 10.9 Å². The summed E-state index contributed by atoms with van der Waals surface area (Å²) in [6.07, 6.45) is 3.47. The van der Waals surface area contributed by atoms with E-state index in [1.165, 1.54) is 0 Å². The first-order chi connectivity index (χ1) is 9.70. The molecule has 1 heterocycles. The number of likely N-dealkylation sites (tertiary alicyclic amines) is 1. The highest BCUT2D eigenvalue weighted by molar-refractivity contribution is 6.07. The number of nitrogens with two attached hydrogens (primary N) is 1. The number of rotatable bonds is 2. The lowest BCUT2D eigenvalue weighted by Crippen LogP contribution is -2.59. The topological polar surface area (TPSA) is 78.9 Å². The molecule has 0 aromatic rings. The van der Waals surface area contributed by atoms with E-state index in [1.807, 2.05) is 4.90 Å². The zero-order chi connectivity index (χ0) is 15.8. The standard InChI is InChI=1S/C16H29N3O2/c1-11-9-16(10-11,13(17)18-21)14(20)19-7-5-12(6-8-19)15(2,3)4/h11-12,21H,5-10H2,1-4H3,(H2,17,18). The quantitative estimate of drug-likeness (QED) is 0.355. The highest BCUT2D eigenvalue weighted by Gasteiger charge is 2.54. The van der Waals surface area contributed by atoms with Crippen LogP contribution in [0, 0.1) is 22.7 Å². The molecule has 1 aliphatic heterocycles. The zero-order valence-corrected chi connectivity index (χ0v) is 13.7. The van der Waals surface area contributed by atoms with Crippen LogP contribution in [-0.2, 0) is 4.79 Å². The average molecular weight is 295 g/mol. The Morgan fingerprint density at radius 3 is 2.19 bits per heavy atom. The number of hydrogen-bond donors (Lipinski definition) is 2. The molecule has 1 amide bonds. The van der Waals surface area contributed by atoms with Gasteiger partial charge in [-0.25, -0.2) is 0 Å². The van der Waals surface area contributed by atoms with Gasteiger partial charge in [-0.05, 0) is 42.9 Å². The number of hydrogen-bond acceptors (Lipinski definition) is 3. The van der Waals surface area contributed by atoms with Crippen LogP contribution in [0.1, 0.15) is 53.4 Å². The maximum atomic E-state index is 12.9. The normalized spacial score (nSPS) is 31.9. The van der Waals surface area contributed by atoms with E-state index >= 15 is 0 Å². The summed E-state index contributed by atoms with van der Waals surface area (Å²) in [5, 5.41) is 12.1. The molecule has 120 valence electrons. The molecule has 5 heteroatoms. The number of piperidine rings is 1. The van der Waals surface area contributed by atoms with Crippen molar-refractivity contribution in [2.45, 2.75) is 53.4 Å². The monoisotopic (exact) mass is 295 g/mol. The third-order valence-electron chi connectivity index (χ3n) is 5.41. The van der Waals surface area contributed by atoms with Gasteiger partial charge in [-0.2, -0.15) is 0 Å². The molecule has 0 unspecified atom stereocenters. The minimum Gasteiger partial charge on any atom is -0.409 e. The molecule has 21 heavy (non-hydrogen) atoms. The summed E-state index contributed by atoms with van der Waals surface area (Å²) in [5.74, 6) is 1.26. The Bertz CT molecular complexity index is 425. The second-order valence-corrected chi connectivity index (χ2v) is 8.01. The lowest BCUT2D eigenvalue weighted by molar-refractivity contribution is -0.146. The van der Waals surface area contributed by atoms with Gasteiger partial charge in [0.15, 0.2) is 5.84 Å². The summed E-state index contributed by atoms with van der Waals surface area (Å²) in [7, 11) is 0. The first kappa shape index (κ1) is 16.1. The first-order valence-electron chi connectivity index (χ1n) is 7.98. The van der Waals surface area contributed by atoms with Crippen molar-refractivity contribution in [3.63, 3.8) is 0 Å². The number of nitrogens with zero attached hydrogens (tertiary/aromatic N) is 2. The van der Waals surface area contributed by atoms with Crippen molar-refractivity contribution in [1.29, 1.82) is 0 Å². The molecule has 2 fully saturated rings. The van der Waals surface area contributed by atoms with E-state index < -0.39 is 5.41 Å². The first-order valence-corrected chi connectivity index (χ1v) is 7.98. The fourth-order valence-corrected chi connectivity index (χ4v) is 3.97. The minimum absolute atomic E-state index is 0.0586. The average Bonchev–Trinajstić information content (AvgIpc) is 2.41. The van der Waals surface area contributed by atoms with Crippen molar-refractivity contribution in [3.8, 4) is 0 Å². The van der Waals surface area contributed by atoms with Crippen LogP contribution in [0.5, 0.6) is 0 Å². The van der Waals surface area contributed by atoms with Gasteiger partial charge in [-0.15, -0.1) is 0 Å². The SMILES string of the molecule is CC1CC(C(=O)N2CCC(C(C)(C)C)CC2)(C(N)=NO)C1. The molecule has 0 aromatic heterocycles. The van der Waals surface area contributed by atoms with Gasteiger partial charge in [0.05, 0.1) is 0 Å². The predicted octanol–water partition coefficient (Wildman–Crippen LogP) is 2.43. The Kier molecular flexibility index (Phi) is 4.22. The molecule has 2 rings (SSSR count). The van der Waals surface area contributed by atoms with E-state index in [2.05, 4.69) is 32.9 Å². The van der Waals surface area contributed by atoms with Crippen LogP contribution in [0.25, 0.3) is 0 Å². The fourth-order valence-electron chi connectivity index (χ4n) is 3.97. The summed E-state index contributed by atoms with van der Waals surface area (Å²) in [5.41, 5.74) is 5.38. The van der Waals surface area contributed by atoms with Crippen LogP contribution in [0.15, 0.2) is 5.16 Å². The van der Waals surface area contributed by atoms with Crippen LogP contribution in [0.2, 0.25) is 0 Å². The number of carbonyl (C=O) groups is 1. The largest absolute Gasteiger partial charge is 0.409 e. The third-order valence-corrected chi connectivity index (χ3v) is 5.41. The number of carbonyl (C=O) groups excluding carboxylic acids is 1. The van der Waals surface area contributed by atoms with Crippen molar-refractivity contribution in [2.75, 3.05) is 13.1 Å². The zero-order valence-electron chi connectivity index (χ0n) is 13.7. The molecule has 0 aromatic carbocycles. The molecule has 0 spiro atoms. The second-order valence-electron chi connectivity index (χ2n) is 8.01. The maximum absolute atomic E-state index is 12.9. The van der Waals surface area contributed by atoms with E-state index in [9.17, 15) is 4.79 Å². The van der Waals surface area contributed by atoms with Gasteiger partial charge in [0.2, 0.25) is 5.91 Å². The summed E-state index contributed by atoms with van der Waals surface area (Å²) in [6.45, 7) is 10.5. The second kappa shape index (κ2) is 5.50. The Morgan fingerprint density at radius 1 is 1.29 bits per heavy atom. The number of amides is 1. The van der Waals surface area contributed by atoms with E-state index in [-0.39, 0.29) is 11.7 Å². The Hall–Kier alpha value is -1.26. The summed E-state index contributed by atoms with van der Waals surface area (Å²) < 4.78 is 0. The van der Waals surface area contributed by atoms with Crippen LogP contribution < -0.4 is 5.73 Å². The van der Waals surface area contributed by atoms with Crippen LogP contribution in [0.4, 0.5) is 0 Å². The van der Waals surface area contributed by atoms with Crippen LogP contribution >= 0.6 is 0 Å². The minimum atomic E-state index is -0.747. The van der Waals surface area contributed by atoms with Crippen molar-refractivity contribution in [2.24, 2.45) is 33.6 Å². The Morgan fingerprint density at radius 2 is 1.81 bits per heavy atom. The van der Waals surface area contributed by atoms with Gasteiger partial charge in [0.25, 0.3) is 0 Å². The molecular formula is C16H29N3O2. The molecule has 3 N–H and O–H groups in total. The summed E-state index contributed by atoms with van der Waals surface area (Å²) in [4.78, 5) is 14.8. The summed E-state index contributed by atoms with van der Waals surface area (Å²) >= 11 is 0. The molecule has 1 saturated heterocycles. The smallest absolute Gasteiger partial charge is 0.236 e. The van der Waals surface area contributed by atoms with Gasteiger partial charge in [-0.3, -0.25) is 4.79 Å². The number of oxime groups is 1. The molecule has 0 radical (unpaired) electrons. The van der Waals surface area contributed by atoms with E-state index in [0.717, 1.165) is 25.9 Å². The van der Waals surface area contributed by atoms with E-state index in [0.29, 0.717) is 30.1 Å². The molecule has 1 saturated carbocycles. The van der Waals surface area contributed by atoms with Crippen LogP contribution in [-0.4, -0.2) is 34.9 Å². The molecule has 0 bridgehead atoms. The van der Waals surface area contributed by atoms with Crippen LogP contribution in [0.3, 0.4) is 0 Å². The molecule has 2 aliphatic rings. The Labute approximate surface area is 127 Å². The van der Waals surface area contributed by atoms with Crippen molar-refractivity contribution >= 4 is 11.7 Å². The summed E-state index contributed by atoms with van der Waals surface area (Å²) in [6, 6.07) is 0. The highest BCUT2D eigenvalue weighted by atomic mass is 16.4. The van der Waals surface area contributed by atoms with Crippen molar-refractivity contribution in [3.05, 3.63) is 0 Å². The molecule has 0 atom stereocenters. The van der Waals surface area contributed by atoms with Gasteiger partial charge in [0, 0.05) is 13.1 Å². The van der Waals surface area contributed by atoms with Gasteiger partial charge < -0.3 is 15.8 Å². The van der Waals surface area contributed by atoms with Crippen molar-refractivity contribution < 1.29 is 10.0 Å². The highest BCUT2D eigenvalue weighted by Crippen LogP contribution is 2.47. The molecule has 5 nitrogen and oxygen atoms in total. The molecular weight excluding hydrogens is 266 g/mol. The molecule has 1 aliphatic carbocycles. The number of amidine groups is 1. The van der Waals surface area contributed by atoms with Gasteiger partial charge >= 0.3 is 0 Å². The lowest BCUT2D eigenvalue weighted by atomic mass is 9.60. The predicted molar refractivity (Wildman–Crippen MR) is 83.0 cm³/mol. The van der Waals surface area contributed by atoms with Gasteiger partial charge in [-0.1, -0.05) is 32.9 Å². The third kappa shape index (κ3) is 2.87. The fraction of sp³-hybridized carbons (Fsp3) is 0.875. The van der Waals surface area contributed by atoms with Crippen molar-refractivity contribution in [1.82, 2.24) is 4.90 Å². The van der Waals surface area contributed by atoms with E-state index in [1.54, 1.807) is 0 Å².